The topological polar surface area (TPSA) is 74.8 Å². The zero-order chi connectivity index (χ0) is 13.0. The summed E-state index contributed by atoms with van der Waals surface area (Å²) in [7, 11) is 0. The van der Waals surface area contributed by atoms with Gasteiger partial charge in [-0.1, -0.05) is 0 Å². The summed E-state index contributed by atoms with van der Waals surface area (Å²) in [6.07, 6.45) is 4.04. The molecule has 0 fully saturated rings. The molecular formula is C12H13N3O2S. The number of ketones is 1. The highest BCUT2D eigenvalue weighted by Gasteiger charge is 2.10. The van der Waals surface area contributed by atoms with Crippen LogP contribution in [-0.4, -0.2) is 28.2 Å². The van der Waals surface area contributed by atoms with E-state index in [-0.39, 0.29) is 11.7 Å². The number of nitrogens with one attached hydrogen (secondary N) is 2. The van der Waals surface area contributed by atoms with E-state index in [2.05, 4.69) is 15.3 Å². The Hall–Kier alpha value is -1.95. The molecular weight excluding hydrogens is 250 g/mol. The maximum absolute atomic E-state index is 11.8. The number of thiophene rings is 1. The zero-order valence-electron chi connectivity index (χ0n) is 9.90. The minimum Gasteiger partial charge on any atom is -0.352 e. The van der Waals surface area contributed by atoms with Gasteiger partial charge in [0.15, 0.2) is 5.78 Å². The fourth-order valence-electron chi connectivity index (χ4n) is 1.47. The SMILES string of the molecule is CC(=O)c1cc(C(=O)NCCc2cnc[nH]2)cs1. The van der Waals surface area contributed by atoms with Gasteiger partial charge in [-0.3, -0.25) is 9.59 Å². The van der Waals surface area contributed by atoms with Crippen molar-refractivity contribution in [1.29, 1.82) is 0 Å². The first-order valence-electron chi connectivity index (χ1n) is 5.51. The van der Waals surface area contributed by atoms with E-state index in [1.807, 2.05) is 0 Å². The second-order valence-electron chi connectivity index (χ2n) is 3.84. The lowest BCUT2D eigenvalue weighted by molar-refractivity contribution is 0.0954. The Morgan fingerprint density at radius 1 is 1.50 bits per heavy atom. The van der Waals surface area contributed by atoms with Gasteiger partial charge in [-0.05, 0) is 13.0 Å². The van der Waals surface area contributed by atoms with Crippen molar-refractivity contribution in [3.05, 3.63) is 40.1 Å². The first kappa shape index (κ1) is 12.5. The second kappa shape index (κ2) is 5.59. The standard InChI is InChI=1S/C12H13N3O2S/c1-8(16)11-4-9(6-18-11)12(17)14-3-2-10-5-13-7-15-10/h4-7H,2-3H2,1H3,(H,13,15)(H,14,17). The molecule has 0 unspecified atom stereocenters. The van der Waals surface area contributed by atoms with E-state index in [1.54, 1.807) is 24.0 Å². The molecule has 0 aliphatic heterocycles. The maximum atomic E-state index is 11.8. The molecule has 2 aromatic rings. The number of aromatic amines is 1. The number of carbonyl (C=O) groups is 2. The van der Waals surface area contributed by atoms with Gasteiger partial charge in [0.05, 0.1) is 16.8 Å². The minimum absolute atomic E-state index is 0.0171. The predicted octanol–water partition coefficient (Wildman–Crippen LogP) is 1.65. The molecule has 2 N–H and O–H groups in total. The molecule has 2 aromatic heterocycles. The van der Waals surface area contributed by atoms with Crippen LogP contribution in [0.4, 0.5) is 0 Å². The largest absolute Gasteiger partial charge is 0.352 e. The van der Waals surface area contributed by atoms with Crippen LogP contribution < -0.4 is 5.32 Å². The number of aromatic nitrogens is 2. The summed E-state index contributed by atoms with van der Waals surface area (Å²) in [5.41, 5.74) is 1.51. The average Bonchev–Trinajstić information content (AvgIpc) is 2.99. The fraction of sp³-hybridized carbons (Fsp3) is 0.250. The van der Waals surface area contributed by atoms with Crippen molar-refractivity contribution in [1.82, 2.24) is 15.3 Å². The fourth-order valence-corrected chi connectivity index (χ4v) is 2.26. The van der Waals surface area contributed by atoms with Crippen molar-refractivity contribution in [2.45, 2.75) is 13.3 Å². The molecule has 6 heteroatoms. The monoisotopic (exact) mass is 263 g/mol. The minimum atomic E-state index is -0.154. The molecule has 2 rings (SSSR count). The molecule has 5 nitrogen and oxygen atoms in total. The number of amides is 1. The van der Waals surface area contributed by atoms with Gasteiger partial charge in [0.25, 0.3) is 5.91 Å². The van der Waals surface area contributed by atoms with Crippen LogP contribution in [0.3, 0.4) is 0 Å². The van der Waals surface area contributed by atoms with E-state index < -0.39 is 0 Å². The predicted molar refractivity (Wildman–Crippen MR) is 68.9 cm³/mol. The third kappa shape index (κ3) is 3.04. The number of carbonyl (C=O) groups excluding carboxylic acids is 2. The van der Waals surface area contributed by atoms with Gasteiger partial charge >= 0.3 is 0 Å². The Balaban J connectivity index is 1.85. The maximum Gasteiger partial charge on any atom is 0.252 e. The zero-order valence-corrected chi connectivity index (χ0v) is 10.7. The number of nitrogens with zero attached hydrogens (tertiary/aromatic N) is 1. The smallest absolute Gasteiger partial charge is 0.252 e. The third-order valence-corrected chi connectivity index (χ3v) is 3.47. The number of hydrogen-bond acceptors (Lipinski definition) is 4. The van der Waals surface area contributed by atoms with E-state index >= 15 is 0 Å². The first-order valence-corrected chi connectivity index (χ1v) is 6.39. The van der Waals surface area contributed by atoms with Gasteiger partial charge in [-0.15, -0.1) is 11.3 Å². The normalized spacial score (nSPS) is 10.3. The van der Waals surface area contributed by atoms with Crippen molar-refractivity contribution >= 4 is 23.0 Å². The first-order chi connectivity index (χ1) is 8.66. The average molecular weight is 263 g/mol. The lowest BCUT2D eigenvalue weighted by Crippen LogP contribution is -2.25. The highest BCUT2D eigenvalue weighted by Crippen LogP contribution is 2.14. The number of hydrogen-bond donors (Lipinski definition) is 2. The highest BCUT2D eigenvalue weighted by atomic mass is 32.1. The number of Topliss-reactive ketones (excluding diaryl/α,β-unsaturated/α-hetero) is 1. The number of imidazole rings is 1. The summed E-state index contributed by atoms with van der Waals surface area (Å²) >= 11 is 1.29. The van der Waals surface area contributed by atoms with Crippen molar-refractivity contribution in [2.75, 3.05) is 6.54 Å². The summed E-state index contributed by atoms with van der Waals surface area (Å²) in [5.74, 6) is -0.172. The molecule has 18 heavy (non-hydrogen) atoms. The second-order valence-corrected chi connectivity index (χ2v) is 4.75. The molecule has 0 aliphatic rings. The van der Waals surface area contributed by atoms with E-state index in [0.717, 1.165) is 5.69 Å². The summed E-state index contributed by atoms with van der Waals surface area (Å²) in [4.78, 5) is 30.4. The van der Waals surface area contributed by atoms with Crippen LogP contribution in [-0.2, 0) is 6.42 Å². The molecule has 0 saturated heterocycles. The van der Waals surface area contributed by atoms with E-state index in [0.29, 0.717) is 23.4 Å². The molecule has 1 amide bonds. The Morgan fingerprint density at radius 3 is 2.94 bits per heavy atom. The molecule has 0 aliphatic carbocycles. The van der Waals surface area contributed by atoms with Crippen LogP contribution in [0.1, 0.15) is 32.6 Å². The molecule has 0 bridgehead atoms. The van der Waals surface area contributed by atoms with E-state index in [4.69, 9.17) is 0 Å². The Morgan fingerprint density at radius 2 is 2.33 bits per heavy atom. The lowest BCUT2D eigenvalue weighted by atomic mass is 10.2. The van der Waals surface area contributed by atoms with Crippen LogP contribution >= 0.6 is 11.3 Å². The van der Waals surface area contributed by atoms with Gasteiger partial charge < -0.3 is 10.3 Å². The number of H-pyrrole nitrogens is 1. The van der Waals surface area contributed by atoms with Crippen LogP contribution in [0, 0.1) is 0 Å². The van der Waals surface area contributed by atoms with Gasteiger partial charge in [-0.25, -0.2) is 4.98 Å². The van der Waals surface area contributed by atoms with Gasteiger partial charge in [-0.2, -0.15) is 0 Å². The van der Waals surface area contributed by atoms with Crippen LogP contribution in [0.2, 0.25) is 0 Å². The van der Waals surface area contributed by atoms with Gasteiger partial charge in [0.1, 0.15) is 0 Å². The van der Waals surface area contributed by atoms with Crippen LogP contribution in [0.25, 0.3) is 0 Å². The van der Waals surface area contributed by atoms with E-state index in [9.17, 15) is 9.59 Å². The van der Waals surface area contributed by atoms with Crippen LogP contribution in [0.5, 0.6) is 0 Å². The molecule has 0 radical (unpaired) electrons. The van der Waals surface area contributed by atoms with E-state index in [1.165, 1.54) is 18.3 Å². The molecule has 0 aromatic carbocycles. The molecule has 0 atom stereocenters. The van der Waals surface area contributed by atoms with Crippen molar-refractivity contribution in [3.8, 4) is 0 Å². The van der Waals surface area contributed by atoms with Crippen LogP contribution in [0.15, 0.2) is 24.0 Å². The van der Waals surface area contributed by atoms with Gasteiger partial charge in [0, 0.05) is 30.2 Å². The van der Waals surface area contributed by atoms with Crippen molar-refractivity contribution in [2.24, 2.45) is 0 Å². The molecule has 0 spiro atoms. The Bertz CT molecular complexity index is 545. The molecule has 2 heterocycles. The Labute approximate surface area is 108 Å². The summed E-state index contributed by atoms with van der Waals surface area (Å²) in [6.45, 7) is 2.03. The quantitative estimate of drug-likeness (QED) is 0.805. The summed E-state index contributed by atoms with van der Waals surface area (Å²) in [6, 6.07) is 1.62. The lowest BCUT2D eigenvalue weighted by Gasteiger charge is -2.01. The molecule has 0 saturated carbocycles. The third-order valence-electron chi connectivity index (χ3n) is 2.44. The summed E-state index contributed by atoms with van der Waals surface area (Å²) < 4.78 is 0. The number of rotatable bonds is 5. The molecule has 94 valence electrons. The van der Waals surface area contributed by atoms with Crippen molar-refractivity contribution < 1.29 is 9.59 Å². The van der Waals surface area contributed by atoms with Gasteiger partial charge in [0.2, 0.25) is 0 Å². The summed E-state index contributed by atoms with van der Waals surface area (Å²) in [5, 5.41) is 4.49. The highest BCUT2D eigenvalue weighted by molar-refractivity contribution is 7.12. The Kier molecular flexibility index (Phi) is 3.88. The van der Waals surface area contributed by atoms with Crippen molar-refractivity contribution in [3.63, 3.8) is 0 Å².